The van der Waals surface area contributed by atoms with Crippen molar-refractivity contribution >= 4 is 23.6 Å². The Morgan fingerprint density at radius 3 is 0.763 bits per heavy atom. The zero-order valence-corrected chi connectivity index (χ0v) is 47.9. The van der Waals surface area contributed by atoms with Crippen LogP contribution in [0.15, 0.2) is 222 Å². The van der Waals surface area contributed by atoms with Gasteiger partial charge in [0.1, 0.15) is 0 Å². The molecule has 0 fully saturated rings. The highest BCUT2D eigenvalue weighted by Crippen LogP contribution is 2.45. The third-order valence-corrected chi connectivity index (χ3v) is 23.5. The van der Waals surface area contributed by atoms with E-state index in [1.165, 1.54) is 117 Å². The minimum atomic E-state index is -3.72. The molecule has 0 aliphatic heterocycles. The monoisotopic (exact) mass is 1000 g/mol. The van der Waals surface area contributed by atoms with Gasteiger partial charge < -0.3 is 0 Å². The Labute approximate surface area is 457 Å². The van der Waals surface area contributed by atoms with E-state index in [1.54, 1.807) is 20.8 Å². The van der Waals surface area contributed by atoms with Crippen LogP contribution in [0.1, 0.15) is 128 Å². The van der Waals surface area contributed by atoms with Crippen molar-refractivity contribution in [1.82, 2.24) is 0 Å². The molecule has 0 saturated heterocycles. The molecule has 0 radical (unpaired) electrons. The van der Waals surface area contributed by atoms with Gasteiger partial charge in [0.2, 0.25) is 0 Å². The summed E-state index contributed by atoms with van der Waals surface area (Å²) in [5, 5.41) is 6.47. The molecule has 0 saturated carbocycles. The van der Waals surface area contributed by atoms with Crippen LogP contribution in [-0.2, 0) is 38.5 Å². The lowest BCUT2D eigenvalue weighted by Crippen LogP contribution is -2.74. The molecule has 0 spiro atoms. The zero-order chi connectivity index (χ0) is 53.1. The molecule has 9 aromatic carbocycles. The Bertz CT molecular complexity index is 3240. The summed E-state index contributed by atoms with van der Waals surface area (Å²) < 4.78 is 0. The average Bonchev–Trinajstić information content (AvgIpc) is 3.85. The molecular formula is C75H76Si. The highest BCUT2D eigenvalue weighted by atomic mass is 28.3. The van der Waals surface area contributed by atoms with Crippen LogP contribution in [0, 0.1) is 47.5 Å². The van der Waals surface area contributed by atoms with E-state index in [0.717, 1.165) is 38.5 Å². The molecule has 9 aromatic rings. The van der Waals surface area contributed by atoms with Gasteiger partial charge >= 0.3 is 0 Å². The first-order chi connectivity index (χ1) is 36.8. The number of allylic oxidation sites excluding steroid dienone is 4. The van der Waals surface area contributed by atoms with Gasteiger partial charge in [-0.2, -0.15) is 0 Å². The number of rotatable bonds is 16. The second kappa shape index (κ2) is 22.5. The molecule has 0 heterocycles. The minimum absolute atomic E-state index is 0.189. The van der Waals surface area contributed by atoms with Crippen LogP contribution in [0.5, 0.6) is 0 Å². The van der Waals surface area contributed by atoms with Gasteiger partial charge in [-0.1, -0.05) is 223 Å². The van der Waals surface area contributed by atoms with Crippen molar-refractivity contribution in [2.45, 2.75) is 108 Å². The average molecular weight is 1010 g/mol. The Morgan fingerprint density at radius 2 is 0.539 bits per heavy atom. The van der Waals surface area contributed by atoms with Crippen molar-refractivity contribution in [3.8, 4) is 0 Å². The van der Waals surface area contributed by atoms with Crippen molar-refractivity contribution in [2.75, 3.05) is 0 Å². The van der Waals surface area contributed by atoms with Gasteiger partial charge in [-0.3, -0.25) is 0 Å². The van der Waals surface area contributed by atoms with Gasteiger partial charge in [0.25, 0.3) is 0 Å². The van der Waals surface area contributed by atoms with Gasteiger partial charge in [-0.15, -0.1) is 0 Å². The van der Waals surface area contributed by atoms with Gasteiger partial charge in [0.15, 0.2) is 8.07 Å². The van der Waals surface area contributed by atoms with Crippen LogP contribution in [0.4, 0.5) is 0 Å². The Balaban J connectivity index is 1.55. The first-order valence-electron chi connectivity index (χ1n) is 27.8. The maximum atomic E-state index is 2.65. The fourth-order valence-corrected chi connectivity index (χ4v) is 20.5. The molecule has 1 heteroatoms. The molecule has 0 aromatic heterocycles. The van der Waals surface area contributed by atoms with E-state index in [0.29, 0.717) is 0 Å². The third-order valence-electron chi connectivity index (χ3n) is 17.7. The smallest absolute Gasteiger partial charge is 0.0636 e. The molecule has 1 atom stereocenters. The topological polar surface area (TPSA) is 0 Å². The Hall–Kier alpha value is -7.32. The summed E-state index contributed by atoms with van der Waals surface area (Å²) >= 11 is 0. The van der Waals surface area contributed by atoms with E-state index in [2.05, 4.69) is 269 Å². The number of hydrogen-bond acceptors (Lipinski definition) is 0. The maximum Gasteiger partial charge on any atom is 0.178 e. The molecule has 1 aliphatic rings. The maximum absolute atomic E-state index is 3.72. The van der Waals surface area contributed by atoms with Crippen LogP contribution < -0.4 is 15.6 Å². The second-order valence-corrected chi connectivity index (χ2v) is 25.8. The molecule has 10 rings (SSSR count). The van der Waals surface area contributed by atoms with Gasteiger partial charge in [0, 0.05) is 0 Å². The SMILES string of the molecule is CC1=C(C)C(C)C([Si](c2c(Cc3ccccc3)cc(C)c(C)c2Cc2ccccc2)(c2c(Cc3ccccc3)cc(C)c(C)c2Cc2ccccc2)c2c(Cc3ccccc3)cc(C)c(C)c2Cc2ccccc2)=C1C. The molecular weight excluding hydrogens is 929 g/mol. The van der Waals surface area contributed by atoms with Crippen molar-refractivity contribution in [1.29, 1.82) is 0 Å². The fraction of sp³-hybridized carbons (Fsp3) is 0.227. The predicted octanol–water partition coefficient (Wildman–Crippen LogP) is 16.4. The Kier molecular flexibility index (Phi) is 15.4. The van der Waals surface area contributed by atoms with E-state index in [4.69, 9.17) is 0 Å². The first kappa shape index (κ1) is 52.1. The van der Waals surface area contributed by atoms with Crippen LogP contribution in [0.25, 0.3) is 0 Å². The summed E-state index contributed by atoms with van der Waals surface area (Å²) in [5.41, 5.74) is 29.7. The van der Waals surface area contributed by atoms with E-state index < -0.39 is 8.07 Å². The predicted molar refractivity (Wildman–Crippen MR) is 328 cm³/mol. The van der Waals surface area contributed by atoms with Crippen LogP contribution >= 0.6 is 0 Å². The molecule has 0 nitrogen and oxygen atoms in total. The summed E-state index contributed by atoms with van der Waals surface area (Å²) in [4.78, 5) is 0. The van der Waals surface area contributed by atoms with Gasteiger partial charge in [-0.05, 0) is 228 Å². The lowest BCUT2D eigenvalue weighted by Gasteiger charge is -2.46. The molecule has 380 valence electrons. The molecule has 0 bridgehead atoms. The van der Waals surface area contributed by atoms with Gasteiger partial charge in [0.05, 0.1) is 0 Å². The summed E-state index contributed by atoms with van der Waals surface area (Å²) in [5.74, 6) is 0.189. The number of hydrogen-bond donors (Lipinski definition) is 0. The summed E-state index contributed by atoms with van der Waals surface area (Å²) in [6.45, 7) is 24.6. The van der Waals surface area contributed by atoms with Crippen LogP contribution in [0.3, 0.4) is 0 Å². The van der Waals surface area contributed by atoms with E-state index in [9.17, 15) is 0 Å². The molecule has 0 N–H and O–H groups in total. The largest absolute Gasteiger partial charge is 0.178 e. The van der Waals surface area contributed by atoms with Crippen molar-refractivity contribution in [3.63, 3.8) is 0 Å². The molecule has 1 unspecified atom stereocenters. The standard InChI is InChI=1S/C75H76Si/c1-50-41-66(44-60-29-17-11-18-30-60)73(69(53(50)4)47-63-35-23-14-24-36-63)76(72-58(9)56(7)57(8)59(72)10,74-67(45-61-31-19-12-20-32-61)42-51(2)54(5)70(74)48-64-37-25-15-26-38-64)75-68(46-62-33-21-13-22-34-62)43-52(3)55(6)71(75)49-65-39-27-16-28-40-65/h11-43,58H,44-49H2,1-10H3. The van der Waals surface area contributed by atoms with Crippen LogP contribution in [0.2, 0.25) is 0 Å². The fourth-order valence-electron chi connectivity index (χ4n) is 13.3. The van der Waals surface area contributed by atoms with Crippen molar-refractivity contribution in [2.24, 2.45) is 5.92 Å². The summed E-state index contributed by atoms with van der Waals surface area (Å²) in [6, 6.07) is 76.4. The van der Waals surface area contributed by atoms with E-state index in [1.807, 2.05) is 0 Å². The highest BCUT2D eigenvalue weighted by molar-refractivity contribution is 7.17. The lowest BCUT2D eigenvalue weighted by atomic mass is 9.91. The minimum Gasteiger partial charge on any atom is -0.0636 e. The second-order valence-electron chi connectivity index (χ2n) is 22.3. The van der Waals surface area contributed by atoms with E-state index >= 15 is 0 Å². The van der Waals surface area contributed by atoms with Crippen molar-refractivity contribution < 1.29 is 0 Å². The summed E-state index contributed by atoms with van der Waals surface area (Å²) in [7, 11) is -3.72. The zero-order valence-electron chi connectivity index (χ0n) is 46.9. The quantitative estimate of drug-likeness (QED) is 0.0668. The normalized spacial score (nSPS) is 13.7. The van der Waals surface area contributed by atoms with Crippen LogP contribution in [-0.4, -0.2) is 8.07 Å². The van der Waals surface area contributed by atoms with E-state index in [-0.39, 0.29) is 5.92 Å². The number of aryl methyl sites for hydroxylation is 3. The lowest BCUT2D eigenvalue weighted by molar-refractivity contribution is 0.850. The first-order valence-corrected chi connectivity index (χ1v) is 29.8. The number of benzene rings is 9. The molecule has 76 heavy (non-hydrogen) atoms. The van der Waals surface area contributed by atoms with Gasteiger partial charge in [-0.25, -0.2) is 0 Å². The summed E-state index contributed by atoms with van der Waals surface area (Å²) in [6.07, 6.45) is 5.02. The highest BCUT2D eigenvalue weighted by Gasteiger charge is 2.54. The Morgan fingerprint density at radius 1 is 0.303 bits per heavy atom. The molecule has 0 amide bonds. The third kappa shape index (κ3) is 10.1. The van der Waals surface area contributed by atoms with Crippen molar-refractivity contribution in [3.05, 3.63) is 322 Å². The molecule has 1 aliphatic carbocycles.